The molecule has 0 saturated carbocycles. The van der Waals surface area contributed by atoms with Crippen LogP contribution in [-0.4, -0.2) is 57.7 Å². The van der Waals surface area contributed by atoms with Gasteiger partial charge in [0.1, 0.15) is 0 Å². The lowest BCUT2D eigenvalue weighted by molar-refractivity contribution is 0.274. The number of halogens is 1. The van der Waals surface area contributed by atoms with E-state index in [4.69, 9.17) is 0 Å². The first kappa shape index (κ1) is 24.2. The van der Waals surface area contributed by atoms with E-state index < -0.39 is 10.0 Å². The summed E-state index contributed by atoms with van der Waals surface area (Å²) < 4.78 is 24.7. The van der Waals surface area contributed by atoms with E-state index in [1.54, 1.807) is 11.4 Å². The van der Waals surface area contributed by atoms with Crippen molar-refractivity contribution in [3.05, 3.63) is 35.9 Å². The average Bonchev–Trinajstić information content (AvgIpc) is 2.64. The van der Waals surface area contributed by atoms with Gasteiger partial charge in [0, 0.05) is 38.6 Å². The third kappa shape index (κ3) is 7.57. The fraction of sp³-hybridized carbons (Fsp3) is 0.632. The van der Waals surface area contributed by atoms with Crippen LogP contribution >= 0.6 is 24.0 Å². The maximum Gasteiger partial charge on any atom is 0.211 e. The zero-order valence-electron chi connectivity index (χ0n) is 16.7. The van der Waals surface area contributed by atoms with E-state index in [0.29, 0.717) is 24.9 Å². The Morgan fingerprint density at radius 3 is 2.33 bits per heavy atom. The van der Waals surface area contributed by atoms with Crippen LogP contribution in [-0.2, 0) is 10.0 Å². The fourth-order valence-electron chi connectivity index (χ4n) is 3.27. The molecule has 154 valence electrons. The molecule has 0 spiro atoms. The van der Waals surface area contributed by atoms with Crippen molar-refractivity contribution in [3.63, 3.8) is 0 Å². The summed E-state index contributed by atoms with van der Waals surface area (Å²) in [7, 11) is -1.28. The Morgan fingerprint density at radius 2 is 1.81 bits per heavy atom. The molecule has 27 heavy (non-hydrogen) atoms. The van der Waals surface area contributed by atoms with Crippen LogP contribution in [0.2, 0.25) is 0 Å². The SMILES string of the molecule is CN=C(NCC1CCN(S(C)(=O)=O)CC1)NC(C)C(C)c1ccccc1.I. The highest BCUT2D eigenvalue weighted by Gasteiger charge is 2.25. The van der Waals surface area contributed by atoms with E-state index in [0.717, 1.165) is 25.3 Å². The topological polar surface area (TPSA) is 73.8 Å². The Labute approximate surface area is 181 Å². The number of rotatable bonds is 6. The minimum atomic E-state index is -3.06. The lowest BCUT2D eigenvalue weighted by Gasteiger charge is -2.31. The lowest BCUT2D eigenvalue weighted by Crippen LogP contribution is -2.47. The van der Waals surface area contributed by atoms with Crippen molar-refractivity contribution >= 4 is 40.0 Å². The maximum absolute atomic E-state index is 11.6. The molecular weight excluding hydrogens is 475 g/mol. The van der Waals surface area contributed by atoms with Gasteiger partial charge in [0.15, 0.2) is 5.96 Å². The molecular formula is C19H33IN4O2S. The predicted octanol–water partition coefficient (Wildman–Crippen LogP) is 2.63. The summed E-state index contributed by atoms with van der Waals surface area (Å²) in [5.41, 5.74) is 1.30. The summed E-state index contributed by atoms with van der Waals surface area (Å²) in [6.45, 7) is 6.40. The highest BCUT2D eigenvalue weighted by atomic mass is 127. The zero-order valence-corrected chi connectivity index (χ0v) is 19.8. The second kappa shape index (κ2) is 11.2. The second-order valence-electron chi connectivity index (χ2n) is 7.19. The minimum absolute atomic E-state index is 0. The second-order valence-corrected chi connectivity index (χ2v) is 9.17. The molecule has 1 aromatic rings. The number of benzene rings is 1. The molecule has 0 radical (unpaired) electrons. The summed E-state index contributed by atoms with van der Waals surface area (Å²) in [4.78, 5) is 4.33. The van der Waals surface area contributed by atoms with E-state index in [-0.39, 0.29) is 30.0 Å². The molecule has 0 bridgehead atoms. The van der Waals surface area contributed by atoms with Crippen molar-refractivity contribution in [1.29, 1.82) is 0 Å². The standard InChI is InChI=1S/C19H32N4O2S.HI/c1-15(18-8-6-5-7-9-18)16(2)22-19(20-3)21-14-17-10-12-23(13-11-17)26(4,24)25;/h5-9,15-17H,10-14H2,1-4H3,(H2,20,21,22);1H. The molecule has 0 amide bonds. The maximum atomic E-state index is 11.6. The molecule has 1 aliphatic rings. The Bertz CT molecular complexity index is 689. The number of aliphatic imine (C=N–C) groups is 1. The van der Waals surface area contributed by atoms with Crippen LogP contribution < -0.4 is 10.6 Å². The van der Waals surface area contributed by atoms with Crippen molar-refractivity contribution in [2.45, 2.75) is 38.6 Å². The van der Waals surface area contributed by atoms with Crippen molar-refractivity contribution in [1.82, 2.24) is 14.9 Å². The molecule has 8 heteroatoms. The molecule has 0 aliphatic carbocycles. The smallest absolute Gasteiger partial charge is 0.211 e. The Balaban J connectivity index is 0.00000364. The van der Waals surface area contributed by atoms with E-state index in [1.807, 2.05) is 6.07 Å². The Kier molecular flexibility index (Phi) is 10.0. The third-order valence-electron chi connectivity index (χ3n) is 5.26. The van der Waals surface area contributed by atoms with Crippen LogP contribution in [0, 0.1) is 5.92 Å². The molecule has 2 rings (SSSR count). The van der Waals surface area contributed by atoms with Crippen LogP contribution in [0.5, 0.6) is 0 Å². The van der Waals surface area contributed by atoms with Crippen molar-refractivity contribution in [2.75, 3.05) is 32.9 Å². The normalized spacial score (nSPS) is 19.0. The van der Waals surface area contributed by atoms with Gasteiger partial charge in [-0.25, -0.2) is 12.7 Å². The molecule has 6 nitrogen and oxygen atoms in total. The molecule has 1 saturated heterocycles. The monoisotopic (exact) mass is 508 g/mol. The molecule has 0 aromatic heterocycles. The van der Waals surface area contributed by atoms with E-state index in [2.05, 4.69) is 53.7 Å². The van der Waals surface area contributed by atoms with E-state index >= 15 is 0 Å². The van der Waals surface area contributed by atoms with Gasteiger partial charge in [-0.1, -0.05) is 37.3 Å². The first-order valence-corrected chi connectivity index (χ1v) is 11.1. The number of sulfonamides is 1. The number of hydrogen-bond acceptors (Lipinski definition) is 3. The van der Waals surface area contributed by atoms with Gasteiger partial charge in [-0.05, 0) is 31.2 Å². The molecule has 1 aliphatic heterocycles. The van der Waals surface area contributed by atoms with Gasteiger partial charge in [0.05, 0.1) is 6.26 Å². The number of piperidine rings is 1. The first-order valence-electron chi connectivity index (χ1n) is 9.28. The van der Waals surface area contributed by atoms with Crippen molar-refractivity contribution < 1.29 is 8.42 Å². The summed E-state index contributed by atoms with van der Waals surface area (Å²) >= 11 is 0. The third-order valence-corrected chi connectivity index (χ3v) is 6.57. The van der Waals surface area contributed by atoms with Crippen molar-refractivity contribution in [3.8, 4) is 0 Å². The lowest BCUT2D eigenvalue weighted by atomic mass is 9.94. The van der Waals surface area contributed by atoms with Gasteiger partial charge >= 0.3 is 0 Å². The Hall–Kier alpha value is -0.870. The number of nitrogens with one attached hydrogen (secondary N) is 2. The zero-order chi connectivity index (χ0) is 19.2. The number of nitrogens with zero attached hydrogens (tertiary/aromatic N) is 2. The molecule has 2 N–H and O–H groups in total. The van der Waals surface area contributed by atoms with Gasteiger partial charge in [-0.3, -0.25) is 4.99 Å². The summed E-state index contributed by atoms with van der Waals surface area (Å²) in [6.07, 6.45) is 3.05. The Morgan fingerprint density at radius 1 is 1.22 bits per heavy atom. The molecule has 1 aromatic carbocycles. The molecule has 1 heterocycles. The van der Waals surface area contributed by atoms with Gasteiger partial charge in [0.2, 0.25) is 10.0 Å². The highest BCUT2D eigenvalue weighted by Crippen LogP contribution is 2.19. The van der Waals surface area contributed by atoms with Crippen LogP contribution in [0.3, 0.4) is 0 Å². The number of guanidine groups is 1. The molecule has 1 fully saturated rings. The van der Waals surface area contributed by atoms with Gasteiger partial charge in [0.25, 0.3) is 0 Å². The van der Waals surface area contributed by atoms with Crippen LogP contribution in [0.25, 0.3) is 0 Å². The summed E-state index contributed by atoms with van der Waals surface area (Å²) in [5, 5.41) is 6.87. The van der Waals surface area contributed by atoms with Crippen LogP contribution in [0.1, 0.15) is 38.2 Å². The highest BCUT2D eigenvalue weighted by molar-refractivity contribution is 14.0. The van der Waals surface area contributed by atoms with E-state index in [1.165, 1.54) is 11.8 Å². The van der Waals surface area contributed by atoms with Gasteiger partial charge in [-0.15, -0.1) is 24.0 Å². The van der Waals surface area contributed by atoms with Gasteiger partial charge < -0.3 is 10.6 Å². The van der Waals surface area contributed by atoms with Crippen LogP contribution in [0.4, 0.5) is 0 Å². The summed E-state index contributed by atoms with van der Waals surface area (Å²) in [6, 6.07) is 10.7. The van der Waals surface area contributed by atoms with Gasteiger partial charge in [-0.2, -0.15) is 0 Å². The summed E-state index contributed by atoms with van der Waals surface area (Å²) in [5.74, 6) is 1.63. The van der Waals surface area contributed by atoms with Crippen LogP contribution in [0.15, 0.2) is 35.3 Å². The van der Waals surface area contributed by atoms with E-state index in [9.17, 15) is 8.42 Å². The first-order chi connectivity index (χ1) is 12.3. The average molecular weight is 508 g/mol. The number of hydrogen-bond donors (Lipinski definition) is 2. The fourth-order valence-corrected chi connectivity index (χ4v) is 4.14. The predicted molar refractivity (Wildman–Crippen MR) is 123 cm³/mol. The quantitative estimate of drug-likeness (QED) is 0.352. The molecule has 2 unspecified atom stereocenters. The minimum Gasteiger partial charge on any atom is -0.356 e. The molecule has 2 atom stereocenters. The van der Waals surface area contributed by atoms with Crippen molar-refractivity contribution in [2.24, 2.45) is 10.9 Å². The largest absolute Gasteiger partial charge is 0.356 e.